The zero-order chi connectivity index (χ0) is 17.1. The van der Waals surface area contributed by atoms with E-state index in [4.69, 9.17) is 0 Å². The van der Waals surface area contributed by atoms with Gasteiger partial charge in [0.1, 0.15) is 0 Å². The molecule has 0 unspecified atom stereocenters. The van der Waals surface area contributed by atoms with E-state index in [0.29, 0.717) is 5.95 Å². The van der Waals surface area contributed by atoms with Gasteiger partial charge < -0.3 is 5.32 Å². The van der Waals surface area contributed by atoms with Crippen molar-refractivity contribution in [2.45, 2.75) is 46.7 Å². The molecule has 1 atom stereocenters. The maximum absolute atomic E-state index is 4.65. The molecule has 126 valence electrons. The maximum Gasteiger partial charge on any atom is 0.223 e. The van der Waals surface area contributed by atoms with Crippen molar-refractivity contribution < 1.29 is 0 Å². The average Bonchev–Trinajstić information content (AvgIpc) is 3.14. The molecule has 7 heteroatoms. The molecule has 24 heavy (non-hydrogen) atoms. The van der Waals surface area contributed by atoms with E-state index in [1.807, 2.05) is 24.6 Å². The van der Waals surface area contributed by atoms with Crippen LogP contribution in [-0.4, -0.2) is 24.7 Å². The van der Waals surface area contributed by atoms with Crippen molar-refractivity contribution in [3.8, 4) is 11.3 Å². The Morgan fingerprint density at radius 2 is 2.12 bits per heavy atom. The molecule has 6 nitrogen and oxygen atoms in total. The predicted octanol–water partition coefficient (Wildman–Crippen LogP) is 4.00. The summed E-state index contributed by atoms with van der Waals surface area (Å²) in [7, 11) is 0. The summed E-state index contributed by atoms with van der Waals surface area (Å²) in [4.78, 5) is 13.5. The molecule has 3 rings (SSSR count). The van der Waals surface area contributed by atoms with E-state index < -0.39 is 0 Å². The molecule has 0 saturated carbocycles. The van der Waals surface area contributed by atoms with E-state index in [0.717, 1.165) is 40.6 Å². The fraction of sp³-hybridized carbons (Fsp3) is 0.412. The molecule has 0 aliphatic rings. The normalized spacial score (nSPS) is 12.3. The monoisotopic (exact) mass is 342 g/mol. The van der Waals surface area contributed by atoms with E-state index in [2.05, 4.69) is 50.8 Å². The van der Waals surface area contributed by atoms with Gasteiger partial charge in [-0.15, -0.1) is 11.3 Å². The van der Waals surface area contributed by atoms with Crippen LogP contribution in [0.1, 0.15) is 42.7 Å². The van der Waals surface area contributed by atoms with Gasteiger partial charge in [0.2, 0.25) is 5.95 Å². The largest absolute Gasteiger partial charge is 0.346 e. The average molecular weight is 342 g/mol. The fourth-order valence-electron chi connectivity index (χ4n) is 2.54. The van der Waals surface area contributed by atoms with Gasteiger partial charge in [-0.2, -0.15) is 5.10 Å². The second-order valence-corrected chi connectivity index (χ2v) is 6.88. The molecular formula is C17H22N6S. The van der Waals surface area contributed by atoms with Crippen molar-refractivity contribution in [2.24, 2.45) is 0 Å². The topological polar surface area (TPSA) is 68.5 Å². The van der Waals surface area contributed by atoms with Gasteiger partial charge in [0, 0.05) is 29.9 Å². The SMILES string of the molecule is CCCn1cc(-c2ccnc(N[C@@H](C)c3csc(C)n3)n2)c(C)n1. The van der Waals surface area contributed by atoms with E-state index in [9.17, 15) is 0 Å². The molecule has 0 bridgehead atoms. The number of hydrogen-bond acceptors (Lipinski definition) is 6. The lowest BCUT2D eigenvalue weighted by atomic mass is 10.2. The Balaban J connectivity index is 1.81. The van der Waals surface area contributed by atoms with Gasteiger partial charge in [0.15, 0.2) is 0 Å². The first-order valence-electron chi connectivity index (χ1n) is 8.13. The Labute approximate surface area is 146 Å². The van der Waals surface area contributed by atoms with Crippen LogP contribution in [0.15, 0.2) is 23.8 Å². The van der Waals surface area contributed by atoms with Crippen molar-refractivity contribution in [3.63, 3.8) is 0 Å². The fourth-order valence-corrected chi connectivity index (χ4v) is 3.24. The highest BCUT2D eigenvalue weighted by Gasteiger charge is 2.13. The highest BCUT2D eigenvalue weighted by molar-refractivity contribution is 7.09. The molecule has 0 radical (unpaired) electrons. The summed E-state index contributed by atoms with van der Waals surface area (Å²) in [5.74, 6) is 0.605. The third kappa shape index (κ3) is 3.62. The molecule has 0 aromatic carbocycles. The lowest BCUT2D eigenvalue weighted by Gasteiger charge is -2.11. The van der Waals surface area contributed by atoms with Crippen LogP contribution in [0.25, 0.3) is 11.3 Å². The van der Waals surface area contributed by atoms with Gasteiger partial charge in [0.05, 0.1) is 28.1 Å². The molecule has 3 heterocycles. The summed E-state index contributed by atoms with van der Waals surface area (Å²) >= 11 is 1.65. The van der Waals surface area contributed by atoms with Crippen LogP contribution in [0, 0.1) is 13.8 Å². The molecule has 3 aromatic rings. The summed E-state index contributed by atoms with van der Waals surface area (Å²) in [6, 6.07) is 1.98. The Hall–Kier alpha value is -2.28. The predicted molar refractivity (Wildman–Crippen MR) is 97.2 cm³/mol. The highest BCUT2D eigenvalue weighted by Crippen LogP contribution is 2.23. The van der Waals surface area contributed by atoms with Crippen molar-refractivity contribution in [3.05, 3.63) is 40.2 Å². The lowest BCUT2D eigenvalue weighted by molar-refractivity contribution is 0.598. The summed E-state index contributed by atoms with van der Waals surface area (Å²) in [6.07, 6.45) is 4.89. The van der Waals surface area contributed by atoms with Crippen molar-refractivity contribution in [1.29, 1.82) is 0 Å². The summed E-state index contributed by atoms with van der Waals surface area (Å²) < 4.78 is 1.97. The third-order valence-electron chi connectivity index (χ3n) is 3.76. The minimum Gasteiger partial charge on any atom is -0.346 e. The van der Waals surface area contributed by atoms with E-state index in [1.165, 1.54) is 0 Å². The molecule has 0 aliphatic carbocycles. The number of aromatic nitrogens is 5. The second-order valence-electron chi connectivity index (χ2n) is 5.81. The minimum atomic E-state index is 0.0640. The van der Waals surface area contributed by atoms with Crippen LogP contribution in [0.4, 0.5) is 5.95 Å². The molecule has 1 N–H and O–H groups in total. The zero-order valence-corrected chi connectivity index (χ0v) is 15.3. The lowest BCUT2D eigenvalue weighted by Crippen LogP contribution is -2.10. The number of hydrogen-bond donors (Lipinski definition) is 1. The summed E-state index contributed by atoms with van der Waals surface area (Å²) in [6.45, 7) is 9.14. The third-order valence-corrected chi connectivity index (χ3v) is 4.55. The van der Waals surface area contributed by atoms with Crippen LogP contribution in [-0.2, 0) is 6.54 Å². The maximum atomic E-state index is 4.65. The molecule has 0 aliphatic heterocycles. The molecule has 3 aromatic heterocycles. The van der Waals surface area contributed by atoms with Gasteiger partial charge >= 0.3 is 0 Å². The van der Waals surface area contributed by atoms with Crippen LogP contribution >= 0.6 is 11.3 Å². The minimum absolute atomic E-state index is 0.0640. The number of rotatable bonds is 6. The molecule has 0 spiro atoms. The van der Waals surface area contributed by atoms with Crippen molar-refractivity contribution in [1.82, 2.24) is 24.7 Å². The number of nitrogens with zero attached hydrogens (tertiary/aromatic N) is 5. The van der Waals surface area contributed by atoms with Gasteiger partial charge in [-0.05, 0) is 33.3 Å². The van der Waals surface area contributed by atoms with Crippen LogP contribution in [0.2, 0.25) is 0 Å². The number of aryl methyl sites for hydroxylation is 3. The van der Waals surface area contributed by atoms with Crippen LogP contribution in [0.5, 0.6) is 0 Å². The standard InChI is InChI=1S/C17H22N6S/c1-5-8-23-9-14(11(2)22-23)15-6-7-18-17(21-15)19-12(3)16-10-24-13(4)20-16/h6-7,9-10,12H,5,8H2,1-4H3,(H,18,19,21)/t12-/m0/s1. The number of thiazole rings is 1. The Bertz CT molecular complexity index is 822. The smallest absolute Gasteiger partial charge is 0.223 e. The van der Waals surface area contributed by atoms with Gasteiger partial charge in [-0.3, -0.25) is 4.68 Å². The van der Waals surface area contributed by atoms with Gasteiger partial charge in [0.25, 0.3) is 0 Å². The Morgan fingerprint density at radius 1 is 1.29 bits per heavy atom. The van der Waals surface area contributed by atoms with Crippen LogP contribution in [0.3, 0.4) is 0 Å². The van der Waals surface area contributed by atoms with Gasteiger partial charge in [-0.1, -0.05) is 6.92 Å². The van der Waals surface area contributed by atoms with Crippen molar-refractivity contribution >= 4 is 17.3 Å². The Morgan fingerprint density at radius 3 is 2.83 bits per heavy atom. The van der Waals surface area contributed by atoms with E-state index in [-0.39, 0.29) is 6.04 Å². The van der Waals surface area contributed by atoms with Crippen molar-refractivity contribution in [2.75, 3.05) is 5.32 Å². The molecule has 0 amide bonds. The summed E-state index contributed by atoms with van der Waals surface area (Å²) in [5, 5.41) is 11.0. The van der Waals surface area contributed by atoms with E-state index in [1.54, 1.807) is 17.5 Å². The number of anilines is 1. The summed E-state index contributed by atoms with van der Waals surface area (Å²) in [5.41, 5.74) is 3.93. The van der Waals surface area contributed by atoms with Gasteiger partial charge in [-0.25, -0.2) is 15.0 Å². The van der Waals surface area contributed by atoms with E-state index >= 15 is 0 Å². The second kappa shape index (κ2) is 7.09. The first kappa shape index (κ1) is 16.6. The first-order chi connectivity index (χ1) is 11.6. The Kier molecular flexibility index (Phi) is 4.89. The first-order valence-corrected chi connectivity index (χ1v) is 9.00. The quantitative estimate of drug-likeness (QED) is 0.733. The highest BCUT2D eigenvalue weighted by atomic mass is 32.1. The molecule has 0 saturated heterocycles. The molecular weight excluding hydrogens is 320 g/mol. The number of nitrogens with one attached hydrogen (secondary N) is 1. The van der Waals surface area contributed by atoms with Crippen LogP contribution < -0.4 is 5.32 Å². The zero-order valence-electron chi connectivity index (χ0n) is 14.4. The molecule has 0 fully saturated rings.